The molecular weight excluding hydrogens is 168 g/mol. The molecule has 2 atom stereocenters. The molecule has 0 heterocycles. The molecule has 0 N–H and O–H groups in total. The van der Waals surface area contributed by atoms with Crippen molar-refractivity contribution in [3.05, 3.63) is 33.4 Å². The molecule has 0 aromatic rings. The van der Waals surface area contributed by atoms with E-state index in [-0.39, 0.29) is 0 Å². The van der Waals surface area contributed by atoms with Crippen molar-refractivity contribution in [3.8, 4) is 0 Å². The lowest BCUT2D eigenvalue weighted by Gasteiger charge is -2.14. The van der Waals surface area contributed by atoms with Crippen molar-refractivity contribution in [2.24, 2.45) is 11.8 Å². The number of hydrogen-bond donors (Lipinski definition) is 0. The van der Waals surface area contributed by atoms with Gasteiger partial charge in [0.25, 0.3) is 0 Å². The fraction of sp³-hybridized carbons (Fsp3) is 0.571. The highest BCUT2D eigenvalue weighted by Gasteiger charge is 2.36. The van der Waals surface area contributed by atoms with E-state index in [1.165, 1.54) is 16.7 Å². The molecule has 0 aromatic carbocycles. The second-order valence-corrected chi connectivity index (χ2v) is 4.92. The summed E-state index contributed by atoms with van der Waals surface area (Å²) in [5.74, 6) is 1.45. The second-order valence-electron chi connectivity index (χ2n) is 4.92. The standard InChI is InChI=1S/C14H20/c1-7-9(3)13-11(5)8(2)12(6)14(13)10(7)4/h7,9H,1-6H3. The minimum Gasteiger partial charge on any atom is -0.0621 e. The predicted octanol–water partition coefficient (Wildman–Crippen LogP) is 4.26. The molecule has 2 aliphatic carbocycles. The lowest BCUT2D eigenvalue weighted by Crippen LogP contribution is -2.04. The summed E-state index contributed by atoms with van der Waals surface area (Å²) in [7, 11) is 0. The van der Waals surface area contributed by atoms with Gasteiger partial charge < -0.3 is 0 Å². The zero-order valence-corrected chi connectivity index (χ0v) is 10.2. The third-order valence-corrected chi connectivity index (χ3v) is 4.46. The fourth-order valence-electron chi connectivity index (χ4n) is 2.99. The van der Waals surface area contributed by atoms with Crippen LogP contribution >= 0.6 is 0 Å². The van der Waals surface area contributed by atoms with Gasteiger partial charge in [0.05, 0.1) is 0 Å². The Morgan fingerprint density at radius 2 is 1.29 bits per heavy atom. The van der Waals surface area contributed by atoms with E-state index in [4.69, 9.17) is 0 Å². The van der Waals surface area contributed by atoms with E-state index in [2.05, 4.69) is 41.5 Å². The minimum absolute atomic E-state index is 0.720. The van der Waals surface area contributed by atoms with Crippen LogP contribution in [0.15, 0.2) is 33.4 Å². The van der Waals surface area contributed by atoms with Crippen molar-refractivity contribution in [2.75, 3.05) is 0 Å². The summed E-state index contributed by atoms with van der Waals surface area (Å²) in [6, 6.07) is 0. The van der Waals surface area contributed by atoms with Crippen LogP contribution in [0.1, 0.15) is 41.5 Å². The summed E-state index contributed by atoms with van der Waals surface area (Å²) in [4.78, 5) is 0. The highest BCUT2D eigenvalue weighted by molar-refractivity contribution is 5.67. The van der Waals surface area contributed by atoms with Gasteiger partial charge in [-0.1, -0.05) is 19.4 Å². The highest BCUT2D eigenvalue weighted by Crippen LogP contribution is 2.51. The first-order valence-electron chi connectivity index (χ1n) is 5.57. The van der Waals surface area contributed by atoms with Gasteiger partial charge in [0.1, 0.15) is 0 Å². The van der Waals surface area contributed by atoms with Gasteiger partial charge in [0, 0.05) is 0 Å². The molecular formula is C14H20. The van der Waals surface area contributed by atoms with Gasteiger partial charge in [0.2, 0.25) is 0 Å². The smallest absolute Gasteiger partial charge is 0.0118 e. The lowest BCUT2D eigenvalue weighted by atomic mass is 9.90. The van der Waals surface area contributed by atoms with Gasteiger partial charge in [-0.25, -0.2) is 0 Å². The van der Waals surface area contributed by atoms with Crippen molar-refractivity contribution < 1.29 is 0 Å². The van der Waals surface area contributed by atoms with Crippen LogP contribution in [0.3, 0.4) is 0 Å². The number of fused-ring (bicyclic) bond motifs is 1. The average molecular weight is 188 g/mol. The number of allylic oxidation sites excluding steroid dienone is 6. The van der Waals surface area contributed by atoms with Crippen molar-refractivity contribution in [1.29, 1.82) is 0 Å². The first kappa shape index (κ1) is 9.76. The summed E-state index contributed by atoms with van der Waals surface area (Å²) in [5.41, 5.74) is 9.37. The molecule has 0 aromatic heterocycles. The summed E-state index contributed by atoms with van der Waals surface area (Å²) in [5, 5.41) is 0. The Morgan fingerprint density at radius 3 is 1.79 bits per heavy atom. The molecule has 2 rings (SSSR count). The van der Waals surface area contributed by atoms with Gasteiger partial charge in [-0.2, -0.15) is 0 Å². The third kappa shape index (κ3) is 0.945. The van der Waals surface area contributed by atoms with Crippen LogP contribution in [-0.2, 0) is 0 Å². The second kappa shape index (κ2) is 2.85. The SMILES string of the molecule is CC1=C(C)C2=C(C)C(C)C(C)C2=C1C. The number of rotatable bonds is 0. The third-order valence-electron chi connectivity index (χ3n) is 4.46. The summed E-state index contributed by atoms with van der Waals surface area (Å²) < 4.78 is 0. The molecule has 0 saturated carbocycles. The van der Waals surface area contributed by atoms with E-state index in [1.807, 2.05) is 0 Å². The zero-order chi connectivity index (χ0) is 10.6. The molecule has 76 valence electrons. The van der Waals surface area contributed by atoms with Gasteiger partial charge in [-0.3, -0.25) is 0 Å². The molecule has 0 fully saturated rings. The average Bonchev–Trinajstić information content (AvgIpc) is 2.51. The first-order valence-corrected chi connectivity index (χ1v) is 5.57. The van der Waals surface area contributed by atoms with Crippen LogP contribution in [0.4, 0.5) is 0 Å². The van der Waals surface area contributed by atoms with E-state index in [0.717, 1.165) is 11.8 Å². The molecule has 0 amide bonds. The Labute approximate surface area is 87.4 Å². The molecule has 0 aliphatic heterocycles. The van der Waals surface area contributed by atoms with Crippen molar-refractivity contribution >= 4 is 0 Å². The van der Waals surface area contributed by atoms with Gasteiger partial charge in [0.15, 0.2) is 0 Å². The Hall–Kier alpha value is -0.780. The van der Waals surface area contributed by atoms with Crippen LogP contribution in [-0.4, -0.2) is 0 Å². The summed E-state index contributed by atoms with van der Waals surface area (Å²) >= 11 is 0. The maximum Gasteiger partial charge on any atom is -0.0118 e. The molecule has 0 heteroatoms. The van der Waals surface area contributed by atoms with E-state index < -0.39 is 0 Å². The maximum absolute atomic E-state index is 2.37. The molecule has 14 heavy (non-hydrogen) atoms. The van der Waals surface area contributed by atoms with Crippen LogP contribution in [0.2, 0.25) is 0 Å². The largest absolute Gasteiger partial charge is 0.0621 e. The molecule has 0 spiro atoms. The zero-order valence-electron chi connectivity index (χ0n) is 10.2. The molecule has 2 unspecified atom stereocenters. The van der Waals surface area contributed by atoms with E-state index in [9.17, 15) is 0 Å². The van der Waals surface area contributed by atoms with Gasteiger partial charge in [-0.15, -0.1) is 0 Å². The van der Waals surface area contributed by atoms with E-state index >= 15 is 0 Å². The maximum atomic E-state index is 2.37. The molecule has 0 radical (unpaired) electrons. The quantitative estimate of drug-likeness (QED) is 0.533. The molecule has 0 saturated heterocycles. The van der Waals surface area contributed by atoms with Gasteiger partial charge in [-0.05, 0) is 67.4 Å². The van der Waals surface area contributed by atoms with Crippen molar-refractivity contribution in [2.45, 2.75) is 41.5 Å². The Morgan fingerprint density at radius 1 is 0.714 bits per heavy atom. The molecule has 0 nitrogen and oxygen atoms in total. The first-order chi connectivity index (χ1) is 6.46. The summed E-state index contributed by atoms with van der Waals surface area (Å²) in [6.45, 7) is 13.8. The fourth-order valence-corrected chi connectivity index (χ4v) is 2.99. The Kier molecular flexibility index (Phi) is 1.99. The van der Waals surface area contributed by atoms with Crippen LogP contribution in [0, 0.1) is 11.8 Å². The van der Waals surface area contributed by atoms with Crippen molar-refractivity contribution in [1.82, 2.24) is 0 Å². The van der Waals surface area contributed by atoms with Crippen molar-refractivity contribution in [3.63, 3.8) is 0 Å². The minimum atomic E-state index is 0.720. The van der Waals surface area contributed by atoms with Crippen LogP contribution < -0.4 is 0 Å². The highest BCUT2D eigenvalue weighted by atomic mass is 14.4. The van der Waals surface area contributed by atoms with Gasteiger partial charge >= 0.3 is 0 Å². The monoisotopic (exact) mass is 188 g/mol. The normalized spacial score (nSPS) is 32.1. The van der Waals surface area contributed by atoms with E-state index in [0.29, 0.717) is 0 Å². The Bertz CT molecular complexity index is 388. The van der Waals surface area contributed by atoms with E-state index in [1.54, 1.807) is 16.7 Å². The number of hydrogen-bond acceptors (Lipinski definition) is 0. The summed E-state index contributed by atoms with van der Waals surface area (Å²) in [6.07, 6.45) is 0. The lowest BCUT2D eigenvalue weighted by molar-refractivity contribution is 0.538. The molecule has 0 bridgehead atoms. The Balaban J connectivity index is 2.67. The topological polar surface area (TPSA) is 0 Å². The molecule has 2 aliphatic rings. The van der Waals surface area contributed by atoms with Crippen LogP contribution in [0.25, 0.3) is 0 Å². The predicted molar refractivity (Wildman–Crippen MR) is 62.1 cm³/mol. The van der Waals surface area contributed by atoms with Crippen LogP contribution in [0.5, 0.6) is 0 Å².